The lowest BCUT2D eigenvalue weighted by Gasteiger charge is -2.00. The smallest absolute Gasteiger partial charge is 0.106 e. The van der Waals surface area contributed by atoms with Gasteiger partial charge in [-0.25, -0.2) is 0 Å². The van der Waals surface area contributed by atoms with Crippen molar-refractivity contribution in [2.24, 2.45) is 5.16 Å². The average molecular weight is 182 g/mol. The summed E-state index contributed by atoms with van der Waals surface area (Å²) in [6.07, 6.45) is 1.74. The number of oxime groups is 1. The molecule has 13 heavy (non-hydrogen) atoms. The molecule has 0 atom stereocenters. The van der Waals surface area contributed by atoms with E-state index in [2.05, 4.69) is 21.8 Å². The van der Waals surface area contributed by atoms with Crippen LogP contribution >= 0.6 is 0 Å². The van der Waals surface area contributed by atoms with Gasteiger partial charge in [0.25, 0.3) is 0 Å². The summed E-state index contributed by atoms with van der Waals surface area (Å²) in [5.41, 5.74) is 0.988. The van der Waals surface area contributed by atoms with Crippen molar-refractivity contribution in [3.63, 3.8) is 0 Å². The van der Waals surface area contributed by atoms with E-state index in [-0.39, 0.29) is 0 Å². The van der Waals surface area contributed by atoms with Gasteiger partial charge in [-0.2, -0.15) is 0 Å². The molecule has 0 N–H and O–H groups in total. The molecule has 0 saturated carbocycles. The summed E-state index contributed by atoms with van der Waals surface area (Å²) in [6.45, 7) is 2.76. The van der Waals surface area contributed by atoms with E-state index in [9.17, 15) is 0 Å². The van der Waals surface area contributed by atoms with Gasteiger partial charge in [0.2, 0.25) is 0 Å². The predicted octanol–water partition coefficient (Wildman–Crippen LogP) is 1.35. The Morgan fingerprint density at radius 3 is 2.62 bits per heavy atom. The molecule has 0 fully saturated rings. The van der Waals surface area contributed by atoms with Crippen LogP contribution in [0.15, 0.2) is 5.16 Å². The Balaban J connectivity index is 3.53. The minimum absolute atomic E-state index is 0.820. The van der Waals surface area contributed by atoms with Gasteiger partial charge in [0.05, 0.1) is 12.3 Å². The van der Waals surface area contributed by atoms with Crippen molar-refractivity contribution in [3.05, 3.63) is 0 Å². The minimum Gasteiger partial charge on any atom is -0.399 e. The maximum Gasteiger partial charge on any atom is 0.106 e. The highest BCUT2D eigenvalue weighted by molar-refractivity contribution is 5.81. The molecule has 3 nitrogen and oxygen atoms in total. The van der Waals surface area contributed by atoms with Crippen molar-refractivity contribution in [2.75, 3.05) is 27.7 Å². The van der Waals surface area contributed by atoms with Gasteiger partial charge in [-0.15, -0.1) is 5.92 Å². The molecule has 0 aromatic rings. The van der Waals surface area contributed by atoms with E-state index in [0.717, 1.165) is 25.1 Å². The lowest BCUT2D eigenvalue weighted by atomic mass is 10.2. The quantitative estimate of drug-likeness (QED) is 0.372. The first kappa shape index (κ1) is 12.0. The summed E-state index contributed by atoms with van der Waals surface area (Å²) in [5.74, 6) is 6.14. The number of rotatable bonds is 4. The van der Waals surface area contributed by atoms with E-state index in [1.165, 1.54) is 0 Å². The number of hydrogen-bond acceptors (Lipinski definition) is 3. The van der Waals surface area contributed by atoms with Crippen molar-refractivity contribution >= 4 is 5.71 Å². The van der Waals surface area contributed by atoms with Crippen molar-refractivity contribution in [1.29, 1.82) is 0 Å². The van der Waals surface area contributed by atoms with Crippen LogP contribution in [0, 0.1) is 11.8 Å². The second kappa shape index (κ2) is 7.63. The Morgan fingerprint density at radius 1 is 1.38 bits per heavy atom. The summed E-state index contributed by atoms with van der Waals surface area (Å²) in [4.78, 5) is 6.68. The van der Waals surface area contributed by atoms with Crippen molar-refractivity contribution < 1.29 is 4.84 Å². The van der Waals surface area contributed by atoms with Gasteiger partial charge in [0.15, 0.2) is 0 Å². The van der Waals surface area contributed by atoms with Crippen LogP contribution in [0.2, 0.25) is 0 Å². The highest BCUT2D eigenvalue weighted by atomic mass is 16.6. The van der Waals surface area contributed by atoms with Gasteiger partial charge in [-0.05, 0) is 27.4 Å². The molecule has 0 unspecified atom stereocenters. The third-order valence-electron chi connectivity index (χ3n) is 1.38. The summed E-state index contributed by atoms with van der Waals surface area (Å²) in [7, 11) is 5.57. The van der Waals surface area contributed by atoms with Gasteiger partial charge in [0, 0.05) is 6.42 Å². The molecule has 0 aliphatic heterocycles. The summed E-state index contributed by atoms with van der Waals surface area (Å²) >= 11 is 0. The molecule has 0 spiro atoms. The molecule has 0 aliphatic rings. The summed E-state index contributed by atoms with van der Waals surface area (Å²) in [5, 5.41) is 3.80. The van der Waals surface area contributed by atoms with Crippen LogP contribution in [0.25, 0.3) is 0 Å². The first-order valence-corrected chi connectivity index (χ1v) is 4.34. The zero-order chi connectivity index (χ0) is 10.1. The second-order valence-electron chi connectivity index (χ2n) is 3.10. The molecule has 74 valence electrons. The topological polar surface area (TPSA) is 24.8 Å². The van der Waals surface area contributed by atoms with Crippen LogP contribution in [0.1, 0.15) is 19.8 Å². The minimum atomic E-state index is 0.820. The van der Waals surface area contributed by atoms with Gasteiger partial charge in [-0.1, -0.05) is 11.1 Å². The molecular formula is C10H18N2O. The number of nitrogens with zero attached hydrogens (tertiary/aromatic N) is 2. The molecule has 0 aliphatic carbocycles. The van der Waals surface area contributed by atoms with Crippen LogP contribution < -0.4 is 0 Å². The first-order valence-electron chi connectivity index (χ1n) is 4.34. The Hall–Kier alpha value is -1.01. The zero-order valence-corrected chi connectivity index (χ0v) is 8.92. The monoisotopic (exact) mass is 182 g/mol. The van der Waals surface area contributed by atoms with Crippen LogP contribution in [-0.4, -0.2) is 38.4 Å². The first-order chi connectivity index (χ1) is 6.16. The van der Waals surface area contributed by atoms with E-state index >= 15 is 0 Å². The maximum atomic E-state index is 4.63. The lowest BCUT2D eigenvalue weighted by molar-refractivity contribution is 0.212. The van der Waals surface area contributed by atoms with E-state index < -0.39 is 0 Å². The Bertz CT molecular complexity index is 211. The third-order valence-corrected chi connectivity index (χ3v) is 1.38. The summed E-state index contributed by atoms with van der Waals surface area (Å²) in [6, 6.07) is 0. The fourth-order valence-corrected chi connectivity index (χ4v) is 0.747. The highest BCUT2D eigenvalue weighted by Crippen LogP contribution is 1.91. The Morgan fingerprint density at radius 2 is 2.08 bits per heavy atom. The Labute approximate surface area is 80.7 Å². The van der Waals surface area contributed by atoms with E-state index in [1.54, 1.807) is 7.11 Å². The SMILES string of the molecule is CO/N=C(\C)CCC#CCN(C)C. The van der Waals surface area contributed by atoms with Crippen molar-refractivity contribution in [1.82, 2.24) is 4.90 Å². The molecular weight excluding hydrogens is 164 g/mol. The molecule has 0 aromatic heterocycles. The zero-order valence-electron chi connectivity index (χ0n) is 8.92. The average Bonchev–Trinajstić information content (AvgIpc) is 2.03. The number of hydrogen-bond donors (Lipinski definition) is 0. The highest BCUT2D eigenvalue weighted by Gasteiger charge is 1.88. The molecule has 0 aromatic carbocycles. The van der Waals surface area contributed by atoms with Crippen LogP contribution in [0.4, 0.5) is 0 Å². The largest absolute Gasteiger partial charge is 0.399 e. The third kappa shape index (κ3) is 8.90. The van der Waals surface area contributed by atoms with Gasteiger partial charge in [-0.3, -0.25) is 4.90 Å². The van der Waals surface area contributed by atoms with Gasteiger partial charge >= 0.3 is 0 Å². The normalized spacial score (nSPS) is 11.0. The lowest BCUT2D eigenvalue weighted by Crippen LogP contribution is -2.10. The molecule has 3 heteroatoms. The molecule has 0 rings (SSSR count). The fourth-order valence-electron chi connectivity index (χ4n) is 0.747. The van der Waals surface area contributed by atoms with E-state index in [1.807, 2.05) is 25.9 Å². The van der Waals surface area contributed by atoms with Crippen LogP contribution in [0.5, 0.6) is 0 Å². The van der Waals surface area contributed by atoms with Crippen LogP contribution in [-0.2, 0) is 4.84 Å². The maximum absolute atomic E-state index is 4.63. The molecule has 0 amide bonds. The van der Waals surface area contributed by atoms with Gasteiger partial charge in [0.1, 0.15) is 7.11 Å². The molecule has 0 heterocycles. The van der Waals surface area contributed by atoms with E-state index in [0.29, 0.717) is 0 Å². The molecule has 0 bridgehead atoms. The standard InChI is InChI=1S/C10H18N2O/c1-10(11-13-4)8-6-5-7-9-12(2)3/h6,8-9H2,1-4H3/b11-10+. The van der Waals surface area contributed by atoms with Crippen molar-refractivity contribution in [3.8, 4) is 11.8 Å². The van der Waals surface area contributed by atoms with Crippen LogP contribution in [0.3, 0.4) is 0 Å². The second-order valence-corrected chi connectivity index (χ2v) is 3.10. The Kier molecular flexibility index (Phi) is 7.04. The molecule has 0 radical (unpaired) electrons. The molecule has 0 saturated heterocycles. The fraction of sp³-hybridized carbons (Fsp3) is 0.700. The summed E-state index contributed by atoms with van der Waals surface area (Å²) < 4.78 is 0. The predicted molar refractivity (Wildman–Crippen MR) is 55.7 cm³/mol. The van der Waals surface area contributed by atoms with E-state index in [4.69, 9.17) is 0 Å². The van der Waals surface area contributed by atoms with Gasteiger partial charge < -0.3 is 4.84 Å². The van der Waals surface area contributed by atoms with Crippen molar-refractivity contribution in [2.45, 2.75) is 19.8 Å².